The molecule has 48 heavy (non-hydrogen) atoms. The Bertz CT molecular complexity index is 2560. The van der Waals surface area contributed by atoms with Crippen LogP contribution in [0.3, 0.4) is 0 Å². The second-order valence-corrected chi connectivity index (χ2v) is 12.5. The van der Waals surface area contributed by atoms with Gasteiger partial charge in [0.05, 0.1) is 32.7 Å². The number of nitro benzene ring substituents is 1. The van der Waals surface area contributed by atoms with Crippen LogP contribution in [0, 0.1) is 10.1 Å². The van der Waals surface area contributed by atoms with Crippen LogP contribution in [0.4, 0.5) is 22.7 Å². The average Bonchev–Trinajstić information content (AvgIpc) is 3.61. The van der Waals surface area contributed by atoms with Crippen LogP contribution in [-0.2, 0) is 5.41 Å². The third kappa shape index (κ3) is 3.39. The van der Waals surface area contributed by atoms with Gasteiger partial charge in [0.2, 0.25) is 0 Å². The lowest BCUT2D eigenvalue weighted by molar-refractivity contribution is -0.384. The first-order valence-electron chi connectivity index (χ1n) is 16.1. The van der Waals surface area contributed by atoms with Crippen LogP contribution in [0.25, 0.3) is 38.6 Å². The topological polar surface area (TPSA) is 51.3 Å². The molecule has 1 spiro atoms. The Hall–Kier alpha value is -6.46. The third-order valence-corrected chi connectivity index (χ3v) is 10.3. The summed E-state index contributed by atoms with van der Waals surface area (Å²) >= 11 is 0. The lowest BCUT2D eigenvalue weighted by Gasteiger charge is -2.45. The number of para-hydroxylation sites is 4. The van der Waals surface area contributed by atoms with Crippen molar-refractivity contribution in [1.29, 1.82) is 0 Å². The molecule has 0 amide bonds. The third-order valence-electron chi connectivity index (χ3n) is 10.3. The summed E-state index contributed by atoms with van der Waals surface area (Å²) in [5, 5.41) is 13.8. The van der Waals surface area contributed by atoms with Crippen LogP contribution in [0.5, 0.6) is 0 Å². The van der Waals surface area contributed by atoms with E-state index < -0.39 is 5.41 Å². The minimum atomic E-state index is -0.546. The Kier molecular flexibility index (Phi) is 5.44. The van der Waals surface area contributed by atoms with Crippen molar-refractivity contribution >= 4 is 44.6 Å². The van der Waals surface area contributed by atoms with Gasteiger partial charge in [0, 0.05) is 34.3 Å². The van der Waals surface area contributed by atoms with Gasteiger partial charge in [-0.3, -0.25) is 10.1 Å². The zero-order valence-electron chi connectivity index (χ0n) is 25.7. The summed E-state index contributed by atoms with van der Waals surface area (Å²) in [5.74, 6) is 0. The number of fused-ring (bicyclic) bond motifs is 12. The standard InChI is InChI=1S/C43H27N3O2/c47-46(48)30-24-22-29(23-25-30)44-39-19-9-5-15-32(39)34-26-38-33(27-42(34)44)31-14-4-6-16-35(31)43(38)36-17-7-10-20-40(36)45(28-12-2-1-3-13-28)41-21-11-8-18-37(41)43/h1-27H. The second kappa shape index (κ2) is 9.77. The largest absolute Gasteiger partial charge is 0.310 e. The highest BCUT2D eigenvalue weighted by atomic mass is 16.6. The highest BCUT2D eigenvalue weighted by molar-refractivity contribution is 6.12. The van der Waals surface area contributed by atoms with Crippen LogP contribution in [0.15, 0.2) is 164 Å². The van der Waals surface area contributed by atoms with Crippen molar-refractivity contribution < 1.29 is 4.92 Å². The highest BCUT2D eigenvalue weighted by Gasteiger charge is 2.51. The fraction of sp³-hybridized carbons (Fsp3) is 0.0233. The highest BCUT2D eigenvalue weighted by Crippen LogP contribution is 2.64. The van der Waals surface area contributed by atoms with E-state index in [1.165, 1.54) is 44.8 Å². The van der Waals surface area contributed by atoms with Gasteiger partial charge in [0.25, 0.3) is 5.69 Å². The van der Waals surface area contributed by atoms with Crippen LogP contribution >= 0.6 is 0 Å². The van der Waals surface area contributed by atoms with Crippen molar-refractivity contribution in [2.24, 2.45) is 0 Å². The molecule has 7 aromatic carbocycles. The maximum atomic E-state index is 11.5. The molecule has 2 heterocycles. The van der Waals surface area contributed by atoms with E-state index in [4.69, 9.17) is 0 Å². The van der Waals surface area contributed by atoms with Gasteiger partial charge in [-0.1, -0.05) is 97.1 Å². The molecule has 0 fully saturated rings. The van der Waals surface area contributed by atoms with Gasteiger partial charge in [-0.2, -0.15) is 0 Å². The van der Waals surface area contributed by atoms with Gasteiger partial charge in [-0.15, -0.1) is 0 Å². The molecular formula is C43H27N3O2. The molecule has 0 N–H and O–H groups in total. The average molecular weight is 618 g/mol. The number of hydrogen-bond donors (Lipinski definition) is 0. The Morgan fingerprint density at radius 2 is 1.08 bits per heavy atom. The van der Waals surface area contributed by atoms with E-state index in [2.05, 4.69) is 149 Å². The first-order valence-corrected chi connectivity index (χ1v) is 16.1. The number of non-ortho nitro benzene ring substituents is 1. The molecule has 0 atom stereocenters. The normalized spacial score (nSPS) is 13.7. The molecule has 0 bridgehead atoms. The number of nitro groups is 1. The van der Waals surface area contributed by atoms with E-state index in [1.807, 2.05) is 12.1 Å². The first-order chi connectivity index (χ1) is 23.7. The van der Waals surface area contributed by atoms with Crippen LogP contribution < -0.4 is 4.90 Å². The minimum Gasteiger partial charge on any atom is -0.310 e. The van der Waals surface area contributed by atoms with Crippen LogP contribution in [-0.4, -0.2) is 9.49 Å². The predicted molar refractivity (Wildman–Crippen MR) is 193 cm³/mol. The number of benzene rings is 7. The number of rotatable bonds is 3. The van der Waals surface area contributed by atoms with E-state index in [0.29, 0.717) is 0 Å². The molecule has 0 saturated carbocycles. The van der Waals surface area contributed by atoms with E-state index >= 15 is 0 Å². The summed E-state index contributed by atoms with van der Waals surface area (Å²) in [5.41, 5.74) is 13.4. The van der Waals surface area contributed by atoms with E-state index in [1.54, 1.807) is 12.1 Å². The molecular weight excluding hydrogens is 590 g/mol. The maximum Gasteiger partial charge on any atom is 0.269 e. The molecule has 0 saturated heterocycles. The smallest absolute Gasteiger partial charge is 0.269 e. The summed E-state index contributed by atoms with van der Waals surface area (Å²) in [6.45, 7) is 0. The lowest BCUT2D eigenvalue weighted by atomic mass is 9.64. The fourth-order valence-corrected chi connectivity index (χ4v) is 8.42. The molecule has 0 radical (unpaired) electrons. The Labute approximate surface area is 276 Å². The van der Waals surface area contributed by atoms with Gasteiger partial charge in [-0.25, -0.2) is 0 Å². The van der Waals surface area contributed by atoms with Crippen molar-refractivity contribution in [3.8, 4) is 16.8 Å². The lowest BCUT2D eigenvalue weighted by Crippen LogP contribution is -2.36. The van der Waals surface area contributed by atoms with Crippen LogP contribution in [0.2, 0.25) is 0 Å². The van der Waals surface area contributed by atoms with Crippen molar-refractivity contribution in [1.82, 2.24) is 4.57 Å². The van der Waals surface area contributed by atoms with E-state index in [0.717, 1.165) is 33.2 Å². The predicted octanol–water partition coefficient (Wildman–Crippen LogP) is 10.8. The molecule has 10 rings (SSSR count). The summed E-state index contributed by atoms with van der Waals surface area (Å²) < 4.78 is 2.24. The van der Waals surface area contributed by atoms with Crippen LogP contribution in [0.1, 0.15) is 22.3 Å². The maximum absolute atomic E-state index is 11.5. The van der Waals surface area contributed by atoms with E-state index in [9.17, 15) is 10.1 Å². The fourth-order valence-electron chi connectivity index (χ4n) is 8.42. The Morgan fingerprint density at radius 1 is 0.479 bits per heavy atom. The van der Waals surface area contributed by atoms with Gasteiger partial charge in [-0.05, 0) is 88.0 Å². The van der Waals surface area contributed by atoms with Gasteiger partial charge >= 0.3 is 0 Å². The summed E-state index contributed by atoms with van der Waals surface area (Å²) in [6.07, 6.45) is 0. The SMILES string of the molecule is O=[N+]([O-])c1ccc(-n2c3ccccc3c3cc4c(cc32)-c2ccccc2C42c3ccccc3N(c3ccccc3)c3ccccc32)cc1. The van der Waals surface area contributed by atoms with Gasteiger partial charge in [0.15, 0.2) is 0 Å². The number of anilines is 3. The minimum absolute atomic E-state index is 0.0791. The summed E-state index contributed by atoms with van der Waals surface area (Å²) in [6, 6.07) is 57.3. The van der Waals surface area contributed by atoms with Crippen molar-refractivity contribution in [3.63, 3.8) is 0 Å². The number of aromatic nitrogens is 1. The first kappa shape index (κ1) is 26.7. The molecule has 0 unspecified atom stereocenters. The summed E-state index contributed by atoms with van der Waals surface area (Å²) in [4.78, 5) is 13.5. The molecule has 5 nitrogen and oxygen atoms in total. The van der Waals surface area contributed by atoms with Crippen molar-refractivity contribution in [3.05, 3.63) is 196 Å². The zero-order valence-corrected chi connectivity index (χ0v) is 25.7. The Balaban J connectivity index is 1.33. The molecule has 1 aromatic heterocycles. The number of hydrogen-bond acceptors (Lipinski definition) is 3. The second-order valence-electron chi connectivity index (χ2n) is 12.5. The monoisotopic (exact) mass is 617 g/mol. The van der Waals surface area contributed by atoms with Gasteiger partial charge < -0.3 is 9.47 Å². The van der Waals surface area contributed by atoms with Gasteiger partial charge in [0.1, 0.15) is 0 Å². The molecule has 226 valence electrons. The zero-order chi connectivity index (χ0) is 32.0. The van der Waals surface area contributed by atoms with E-state index in [-0.39, 0.29) is 10.6 Å². The quantitative estimate of drug-likeness (QED) is 0.146. The molecule has 2 aliphatic rings. The molecule has 1 aliphatic heterocycles. The molecule has 1 aliphatic carbocycles. The van der Waals surface area contributed by atoms with Crippen molar-refractivity contribution in [2.75, 3.05) is 4.90 Å². The number of nitrogens with zero attached hydrogens (tertiary/aromatic N) is 3. The van der Waals surface area contributed by atoms with Crippen molar-refractivity contribution in [2.45, 2.75) is 5.41 Å². The molecule has 8 aromatic rings. The molecule has 5 heteroatoms. The summed E-state index contributed by atoms with van der Waals surface area (Å²) in [7, 11) is 0. The Morgan fingerprint density at radius 3 is 1.79 bits per heavy atom.